The number of aryl methyl sites for hydroxylation is 1. The Kier molecular flexibility index (Phi) is 4.43. The highest BCUT2D eigenvalue weighted by Crippen LogP contribution is 2.41. The van der Waals surface area contributed by atoms with E-state index in [1.807, 2.05) is 0 Å². The summed E-state index contributed by atoms with van der Waals surface area (Å²) in [6.45, 7) is 2.14. The van der Waals surface area contributed by atoms with Gasteiger partial charge in [-0.2, -0.15) is 0 Å². The van der Waals surface area contributed by atoms with Crippen molar-refractivity contribution in [2.45, 2.75) is 38.1 Å². The summed E-state index contributed by atoms with van der Waals surface area (Å²) in [7, 11) is 0. The predicted molar refractivity (Wildman–Crippen MR) is 91.1 cm³/mol. The summed E-state index contributed by atoms with van der Waals surface area (Å²) in [4.78, 5) is 0. The lowest BCUT2D eigenvalue weighted by molar-refractivity contribution is 0.414. The van der Waals surface area contributed by atoms with Crippen LogP contribution in [0.3, 0.4) is 0 Å². The highest BCUT2D eigenvalue weighted by atomic mass is 79.9. The van der Waals surface area contributed by atoms with Crippen molar-refractivity contribution in [2.75, 3.05) is 0 Å². The fourth-order valence-corrected chi connectivity index (χ4v) is 3.51. The van der Waals surface area contributed by atoms with Crippen molar-refractivity contribution < 1.29 is 0 Å². The monoisotopic (exact) mass is 344 g/mol. The predicted octanol–water partition coefficient (Wildman–Crippen LogP) is 4.58. The molecule has 110 valence electrons. The molecule has 2 aromatic rings. The van der Waals surface area contributed by atoms with Gasteiger partial charge in [0.2, 0.25) is 0 Å². The van der Waals surface area contributed by atoms with Gasteiger partial charge in [-0.05, 0) is 60.1 Å². The molecule has 1 atom stereocenters. The molecule has 0 spiro atoms. The van der Waals surface area contributed by atoms with E-state index in [9.17, 15) is 0 Å². The minimum absolute atomic E-state index is 0.0410. The van der Waals surface area contributed by atoms with E-state index >= 15 is 0 Å². The molecule has 0 heterocycles. The Morgan fingerprint density at radius 3 is 2.57 bits per heavy atom. The van der Waals surface area contributed by atoms with Crippen LogP contribution >= 0.6 is 15.9 Å². The Morgan fingerprint density at radius 2 is 1.90 bits per heavy atom. The number of nitrogens with two attached hydrogens (primary N) is 1. The van der Waals surface area contributed by atoms with E-state index in [1.165, 1.54) is 41.5 Å². The van der Waals surface area contributed by atoms with E-state index in [0.29, 0.717) is 5.92 Å². The summed E-state index contributed by atoms with van der Waals surface area (Å²) in [6.07, 6.45) is 3.94. The third-order valence-corrected chi connectivity index (χ3v) is 5.06. The van der Waals surface area contributed by atoms with E-state index in [0.717, 1.165) is 4.47 Å². The fraction of sp³-hybridized carbons (Fsp3) is 0.333. The van der Waals surface area contributed by atoms with Gasteiger partial charge in [0.25, 0.3) is 0 Å². The zero-order valence-electron chi connectivity index (χ0n) is 12.3. The Morgan fingerprint density at radius 1 is 1.14 bits per heavy atom. The van der Waals surface area contributed by atoms with Gasteiger partial charge >= 0.3 is 0 Å². The largest absolute Gasteiger partial charge is 0.271 e. The van der Waals surface area contributed by atoms with Crippen LogP contribution in [0.1, 0.15) is 53.5 Å². The van der Waals surface area contributed by atoms with Gasteiger partial charge < -0.3 is 0 Å². The van der Waals surface area contributed by atoms with Crippen LogP contribution in [0.25, 0.3) is 0 Å². The number of nitrogens with one attached hydrogen (secondary N) is 1. The molecular weight excluding hydrogens is 324 g/mol. The highest BCUT2D eigenvalue weighted by Gasteiger charge is 2.25. The molecule has 2 aromatic carbocycles. The summed E-state index contributed by atoms with van der Waals surface area (Å²) in [5, 5.41) is 0. The second-order valence-electron chi connectivity index (χ2n) is 5.86. The minimum atomic E-state index is 0.0410. The van der Waals surface area contributed by atoms with E-state index in [1.54, 1.807) is 0 Å². The third kappa shape index (κ3) is 2.91. The summed E-state index contributed by atoms with van der Waals surface area (Å²) in [5.74, 6) is 6.62. The lowest BCUT2D eigenvalue weighted by Gasteiger charge is -2.31. The number of rotatable bonds is 4. The van der Waals surface area contributed by atoms with E-state index in [4.69, 9.17) is 5.84 Å². The van der Waals surface area contributed by atoms with Crippen molar-refractivity contribution in [2.24, 2.45) is 5.84 Å². The Hall–Kier alpha value is -1.16. The summed E-state index contributed by atoms with van der Waals surface area (Å²) >= 11 is 3.57. The molecule has 1 saturated carbocycles. The molecular formula is C18H21BrN2. The zero-order valence-corrected chi connectivity index (χ0v) is 13.9. The van der Waals surface area contributed by atoms with Crippen LogP contribution in [0.4, 0.5) is 0 Å². The first-order chi connectivity index (χ1) is 10.2. The van der Waals surface area contributed by atoms with E-state index < -0.39 is 0 Å². The van der Waals surface area contributed by atoms with Crippen molar-refractivity contribution in [3.8, 4) is 0 Å². The number of hydrogen-bond acceptors (Lipinski definition) is 2. The molecule has 3 rings (SSSR count). The number of hydrogen-bond donors (Lipinski definition) is 2. The minimum Gasteiger partial charge on any atom is -0.271 e. The normalized spacial score (nSPS) is 16.5. The van der Waals surface area contributed by atoms with Crippen LogP contribution in [-0.2, 0) is 0 Å². The molecule has 0 bridgehead atoms. The molecule has 3 heteroatoms. The number of halogens is 1. The molecule has 0 aliphatic heterocycles. The van der Waals surface area contributed by atoms with Gasteiger partial charge in [-0.25, -0.2) is 5.43 Å². The standard InChI is InChI=1S/C18H21BrN2/c1-12-9-10-14(19)11-17(12)18(21-20)16-8-3-2-7-15(16)13-5-4-6-13/h2-3,7-11,13,18,21H,4-6,20H2,1H3. The van der Waals surface area contributed by atoms with Crippen molar-refractivity contribution in [3.05, 3.63) is 69.2 Å². The van der Waals surface area contributed by atoms with Crippen molar-refractivity contribution in [3.63, 3.8) is 0 Å². The van der Waals surface area contributed by atoms with Gasteiger partial charge in [-0.15, -0.1) is 0 Å². The average Bonchev–Trinajstić information content (AvgIpc) is 2.43. The molecule has 0 aromatic heterocycles. The molecule has 1 fully saturated rings. The second kappa shape index (κ2) is 6.30. The van der Waals surface area contributed by atoms with Crippen LogP contribution in [-0.4, -0.2) is 0 Å². The van der Waals surface area contributed by atoms with Crippen molar-refractivity contribution >= 4 is 15.9 Å². The van der Waals surface area contributed by atoms with Gasteiger partial charge in [0.05, 0.1) is 6.04 Å². The third-order valence-electron chi connectivity index (χ3n) is 4.57. The summed E-state index contributed by atoms with van der Waals surface area (Å²) < 4.78 is 1.09. The maximum absolute atomic E-state index is 5.92. The topological polar surface area (TPSA) is 38.0 Å². The maximum atomic E-state index is 5.92. The van der Waals surface area contributed by atoms with Crippen molar-refractivity contribution in [1.82, 2.24) is 5.43 Å². The van der Waals surface area contributed by atoms with Gasteiger partial charge in [0.1, 0.15) is 0 Å². The quantitative estimate of drug-likeness (QED) is 0.629. The lowest BCUT2D eigenvalue weighted by atomic mass is 9.76. The molecule has 21 heavy (non-hydrogen) atoms. The first kappa shape index (κ1) is 14.8. The molecule has 2 nitrogen and oxygen atoms in total. The Balaban J connectivity index is 2.06. The van der Waals surface area contributed by atoms with Gasteiger partial charge in [-0.1, -0.05) is 52.7 Å². The maximum Gasteiger partial charge on any atom is 0.0715 e. The van der Waals surface area contributed by atoms with E-state index in [2.05, 4.69) is 70.7 Å². The van der Waals surface area contributed by atoms with Crippen molar-refractivity contribution in [1.29, 1.82) is 0 Å². The number of hydrazine groups is 1. The smallest absolute Gasteiger partial charge is 0.0715 e. The summed E-state index contributed by atoms with van der Waals surface area (Å²) in [6, 6.07) is 15.1. The van der Waals surface area contributed by atoms with Crippen LogP contribution in [0.15, 0.2) is 46.9 Å². The molecule has 1 aliphatic rings. The van der Waals surface area contributed by atoms with E-state index in [-0.39, 0.29) is 6.04 Å². The Labute approximate surface area is 134 Å². The number of benzene rings is 2. The molecule has 1 unspecified atom stereocenters. The molecule has 3 N–H and O–H groups in total. The first-order valence-electron chi connectivity index (χ1n) is 7.51. The second-order valence-corrected chi connectivity index (χ2v) is 6.77. The van der Waals surface area contributed by atoms with Crippen LogP contribution < -0.4 is 11.3 Å². The Bertz CT molecular complexity index is 635. The molecule has 0 saturated heterocycles. The van der Waals surface area contributed by atoms with Crippen LogP contribution in [0.2, 0.25) is 0 Å². The molecule has 1 aliphatic carbocycles. The average molecular weight is 345 g/mol. The van der Waals surface area contributed by atoms with Crippen LogP contribution in [0, 0.1) is 6.92 Å². The molecule has 0 amide bonds. The van der Waals surface area contributed by atoms with Gasteiger partial charge in [-0.3, -0.25) is 5.84 Å². The first-order valence-corrected chi connectivity index (χ1v) is 8.31. The van der Waals surface area contributed by atoms with Gasteiger partial charge in [0, 0.05) is 4.47 Å². The SMILES string of the molecule is Cc1ccc(Br)cc1C(NN)c1ccccc1C1CCC1. The summed E-state index contributed by atoms with van der Waals surface area (Å²) in [5.41, 5.74) is 8.28. The zero-order chi connectivity index (χ0) is 14.8. The molecule has 0 radical (unpaired) electrons. The fourth-order valence-electron chi connectivity index (χ4n) is 3.13. The lowest BCUT2D eigenvalue weighted by Crippen LogP contribution is -2.31. The highest BCUT2D eigenvalue weighted by molar-refractivity contribution is 9.10. The van der Waals surface area contributed by atoms with Crippen LogP contribution in [0.5, 0.6) is 0 Å². The van der Waals surface area contributed by atoms with Gasteiger partial charge in [0.15, 0.2) is 0 Å².